The maximum Gasteiger partial charge on any atom is 0.256 e. The van der Waals surface area contributed by atoms with E-state index < -0.39 is 161 Å². The van der Waals surface area contributed by atoms with Gasteiger partial charge in [-0.2, -0.15) is 0 Å². The number of likely N-dealkylation sites (N-methyl/N-ethyl adjacent to an activating group) is 7. The standard InChI is InChI=1S/C70H128N12O12S/c1-27-32-34-47(17)58(83)57-62(87)73-50(33-28-2)64(89)81(26)70(95-38-37-82(30-4)31-5)69(94)79(24)56(46(16)29-3)61(86)74-54(44(12)13)67(92)75(20)51(36-35-41(6)7)60(85)71-48(18)59(84)72-49(19)63(88)76(21)52(39-42(8)9)65(90)77(22)53(40-43(10)11)66(91)78(23)55(45(14)15)68(93)80(57)25/h27,32,41-58,70,83H,28-31,33-40H2,1-26H3,(H,71,85)(H,72,84)(H,73,87)(H,74,86)/b32-27+/t46?,47-,48-,49+,50-,51-,52+,53-,54-,55-,56+,57+,58-,70-/m1/s1. The van der Waals surface area contributed by atoms with E-state index in [0.717, 1.165) is 4.90 Å². The van der Waals surface area contributed by atoms with Gasteiger partial charge in [-0.1, -0.05) is 136 Å². The zero-order valence-electron chi connectivity index (χ0n) is 63.0. The average Bonchev–Trinajstić information content (AvgIpc) is 0.828. The molecule has 1 rings (SSSR count). The first-order valence-electron chi connectivity index (χ1n) is 34.9. The summed E-state index contributed by atoms with van der Waals surface area (Å²) < 4.78 is 0. The zero-order chi connectivity index (χ0) is 73.4. The third kappa shape index (κ3) is 24.9. The van der Waals surface area contributed by atoms with Crippen molar-refractivity contribution in [3.63, 3.8) is 0 Å². The highest BCUT2D eigenvalue weighted by molar-refractivity contribution is 8.00. The molecule has 1 saturated heterocycles. The quantitative estimate of drug-likeness (QED) is 0.0796. The van der Waals surface area contributed by atoms with E-state index in [9.17, 15) is 24.3 Å². The predicted molar refractivity (Wildman–Crippen MR) is 377 cm³/mol. The Labute approximate surface area is 575 Å². The van der Waals surface area contributed by atoms with Crippen molar-refractivity contribution in [3.8, 4) is 0 Å². The lowest BCUT2D eigenvalue weighted by molar-refractivity contribution is -0.157. The number of rotatable bonds is 23. The lowest BCUT2D eigenvalue weighted by atomic mass is 9.91. The third-order valence-electron chi connectivity index (χ3n) is 18.7. The molecule has 0 spiro atoms. The van der Waals surface area contributed by atoms with Crippen LogP contribution in [0.1, 0.15) is 183 Å². The Balaban J connectivity index is 4.62. The van der Waals surface area contributed by atoms with Gasteiger partial charge in [-0.3, -0.25) is 52.7 Å². The third-order valence-corrected chi connectivity index (χ3v) is 19.9. The van der Waals surface area contributed by atoms with Gasteiger partial charge in [-0.25, -0.2) is 0 Å². The fourth-order valence-electron chi connectivity index (χ4n) is 12.2. The van der Waals surface area contributed by atoms with E-state index in [4.69, 9.17) is 0 Å². The normalized spacial score (nSPS) is 26.5. The van der Waals surface area contributed by atoms with Crippen LogP contribution in [0.2, 0.25) is 0 Å². The Bertz CT molecular complexity index is 2550. The van der Waals surface area contributed by atoms with Gasteiger partial charge in [0.25, 0.3) is 5.91 Å². The molecular formula is C70H128N12O12S. The first-order valence-corrected chi connectivity index (χ1v) is 35.9. The first kappa shape index (κ1) is 87.2. The molecule has 0 aromatic heterocycles. The average molecular weight is 1360 g/mol. The number of allylic oxidation sites excluding steroid dienone is 2. The highest BCUT2D eigenvalue weighted by Crippen LogP contribution is 2.28. The van der Waals surface area contributed by atoms with Gasteiger partial charge in [0.2, 0.25) is 59.1 Å². The highest BCUT2D eigenvalue weighted by atomic mass is 32.2. The van der Waals surface area contributed by atoms with Crippen LogP contribution in [0.5, 0.6) is 0 Å². The fraction of sp³-hybridized carbons (Fsp3) is 0.814. The number of aliphatic hydroxyl groups excluding tert-OH is 1. The lowest BCUT2D eigenvalue weighted by Gasteiger charge is -2.41. The Morgan fingerprint density at radius 1 is 0.495 bits per heavy atom. The summed E-state index contributed by atoms with van der Waals surface area (Å²) in [5.74, 6) is -9.43. The highest BCUT2D eigenvalue weighted by Gasteiger charge is 2.47. The molecular weight excluding hydrogens is 1230 g/mol. The number of carbonyl (C=O) groups is 11. The molecule has 0 saturated carbocycles. The van der Waals surface area contributed by atoms with E-state index in [-0.39, 0.29) is 43.4 Å². The van der Waals surface area contributed by atoms with E-state index in [0.29, 0.717) is 51.1 Å². The van der Waals surface area contributed by atoms with Crippen LogP contribution in [0.4, 0.5) is 0 Å². The number of hydrogen-bond acceptors (Lipinski definition) is 14. The van der Waals surface area contributed by atoms with Gasteiger partial charge < -0.3 is 65.6 Å². The van der Waals surface area contributed by atoms with Crippen LogP contribution in [-0.4, -0.2) is 256 Å². The van der Waals surface area contributed by atoms with Crippen LogP contribution >= 0.6 is 11.8 Å². The molecule has 14 atom stereocenters. The molecule has 0 aromatic carbocycles. The molecule has 25 heteroatoms. The van der Waals surface area contributed by atoms with Crippen LogP contribution in [0.25, 0.3) is 0 Å². The monoisotopic (exact) mass is 1360 g/mol. The van der Waals surface area contributed by atoms with Crippen LogP contribution in [0.15, 0.2) is 12.2 Å². The predicted octanol–water partition coefficient (Wildman–Crippen LogP) is 5.45. The molecule has 1 aliphatic heterocycles. The molecule has 5 N–H and O–H groups in total. The van der Waals surface area contributed by atoms with E-state index in [1.54, 1.807) is 40.7 Å². The largest absolute Gasteiger partial charge is 0.390 e. The number of hydrogen-bond donors (Lipinski definition) is 5. The Kier molecular flexibility index (Phi) is 38.0. The number of carbonyl (C=O) groups excluding carboxylic acids is 11. The van der Waals surface area contributed by atoms with Gasteiger partial charge in [-0.05, 0) is 114 Å². The van der Waals surface area contributed by atoms with Crippen molar-refractivity contribution >= 4 is 76.7 Å². The number of amides is 11. The molecule has 0 bridgehead atoms. The van der Waals surface area contributed by atoms with Crippen LogP contribution in [0.3, 0.4) is 0 Å². The fourth-order valence-corrected chi connectivity index (χ4v) is 13.4. The van der Waals surface area contributed by atoms with Gasteiger partial charge >= 0.3 is 0 Å². The van der Waals surface area contributed by atoms with Gasteiger partial charge in [-0.15, -0.1) is 11.8 Å². The molecule has 24 nitrogen and oxygen atoms in total. The Hall–Kier alpha value is -5.82. The second kappa shape index (κ2) is 41.4. The molecule has 11 amide bonds. The van der Waals surface area contributed by atoms with E-state index >= 15 is 33.6 Å². The van der Waals surface area contributed by atoms with Crippen molar-refractivity contribution < 1.29 is 57.8 Å². The van der Waals surface area contributed by atoms with E-state index in [1.165, 1.54) is 104 Å². The molecule has 1 aliphatic rings. The Morgan fingerprint density at radius 3 is 1.45 bits per heavy atom. The number of nitrogens with zero attached hydrogens (tertiary/aromatic N) is 8. The van der Waals surface area contributed by atoms with Crippen molar-refractivity contribution in [2.24, 2.45) is 41.4 Å². The second-order valence-corrected chi connectivity index (χ2v) is 29.6. The molecule has 95 heavy (non-hydrogen) atoms. The van der Waals surface area contributed by atoms with Crippen LogP contribution < -0.4 is 21.3 Å². The summed E-state index contributed by atoms with van der Waals surface area (Å²) in [6, 6.07) is -12.5. The van der Waals surface area contributed by atoms with Gasteiger partial charge in [0.05, 0.1) is 6.10 Å². The summed E-state index contributed by atoms with van der Waals surface area (Å²) in [6.45, 7) is 36.4. The molecule has 0 radical (unpaired) electrons. The maximum absolute atomic E-state index is 15.5. The van der Waals surface area contributed by atoms with Crippen molar-refractivity contribution in [3.05, 3.63) is 12.2 Å². The maximum atomic E-state index is 15.5. The molecule has 546 valence electrons. The minimum Gasteiger partial charge on any atom is -0.390 e. The number of aliphatic hydroxyl groups is 1. The van der Waals surface area contributed by atoms with Crippen molar-refractivity contribution in [2.75, 3.05) is 74.7 Å². The van der Waals surface area contributed by atoms with Crippen LogP contribution in [-0.2, 0) is 52.7 Å². The second-order valence-electron chi connectivity index (χ2n) is 28.4. The van der Waals surface area contributed by atoms with E-state index in [2.05, 4.69) is 26.2 Å². The molecule has 1 heterocycles. The van der Waals surface area contributed by atoms with Crippen LogP contribution in [0, 0.1) is 41.4 Å². The lowest BCUT2D eigenvalue weighted by Crippen LogP contribution is -2.64. The molecule has 1 unspecified atom stereocenters. The van der Waals surface area contributed by atoms with Crippen molar-refractivity contribution in [1.82, 2.24) is 60.5 Å². The summed E-state index contributed by atoms with van der Waals surface area (Å²) in [5, 5.41) is 22.4. The number of thioether (sulfide) groups is 1. The smallest absolute Gasteiger partial charge is 0.256 e. The summed E-state index contributed by atoms with van der Waals surface area (Å²) in [4.78, 5) is 176. The van der Waals surface area contributed by atoms with Crippen molar-refractivity contribution in [2.45, 2.75) is 255 Å². The molecule has 0 aromatic rings. The van der Waals surface area contributed by atoms with Gasteiger partial charge in [0.1, 0.15) is 60.4 Å². The summed E-state index contributed by atoms with van der Waals surface area (Å²) in [5.41, 5.74) is 0. The number of nitrogens with one attached hydrogen (secondary N) is 4. The Morgan fingerprint density at radius 2 is 0.979 bits per heavy atom. The molecule has 1 fully saturated rings. The van der Waals surface area contributed by atoms with Gasteiger partial charge in [0.15, 0.2) is 5.37 Å². The topological polar surface area (TPSA) is 282 Å². The van der Waals surface area contributed by atoms with Crippen molar-refractivity contribution in [1.29, 1.82) is 0 Å². The first-order chi connectivity index (χ1) is 44.2. The SMILES string of the molecule is C/C=C/C[C@@H](C)[C@@H](O)[C@H]1C(=O)N[C@H](CCC)C(=O)N(C)[C@H](SCCN(CC)CC)C(=O)N(C)[C@@H](C(C)CC)C(=O)N[C@H](C(C)C)C(=O)N(C)[C@H](CCC(C)C)C(=O)N[C@H](C)C(=O)N[C@@H](C)C(=O)N(C)[C@@H](CC(C)C)C(=O)N(C)[C@H](CC(C)C)C(=O)N(C)[C@H](C(C)C)C(=O)N1C. The zero-order valence-corrected chi connectivity index (χ0v) is 63.9. The minimum absolute atomic E-state index is 0.0751. The van der Waals surface area contributed by atoms with Gasteiger partial charge in [0, 0.05) is 61.6 Å². The summed E-state index contributed by atoms with van der Waals surface area (Å²) in [6.07, 6.45) is 4.24. The minimum atomic E-state index is -1.63. The summed E-state index contributed by atoms with van der Waals surface area (Å²) in [7, 11) is 10.2. The molecule has 0 aliphatic carbocycles. The summed E-state index contributed by atoms with van der Waals surface area (Å²) >= 11 is 1.20. The van der Waals surface area contributed by atoms with E-state index in [1.807, 2.05) is 89.2 Å².